The quantitative estimate of drug-likeness (QED) is 0.645. The van der Waals surface area contributed by atoms with Gasteiger partial charge in [-0.25, -0.2) is 4.79 Å². The van der Waals surface area contributed by atoms with Crippen molar-refractivity contribution in [3.63, 3.8) is 0 Å². The second-order valence-electron chi connectivity index (χ2n) is 8.59. The highest BCUT2D eigenvalue weighted by atomic mass is 16.5. The van der Waals surface area contributed by atoms with Gasteiger partial charge in [0.05, 0.1) is 7.11 Å². The van der Waals surface area contributed by atoms with Gasteiger partial charge >= 0.3 is 5.69 Å². The predicted molar refractivity (Wildman–Crippen MR) is 118 cm³/mol. The maximum atomic E-state index is 13.3. The van der Waals surface area contributed by atoms with Crippen LogP contribution < -0.4 is 20.9 Å². The second-order valence-corrected chi connectivity index (χ2v) is 8.59. The van der Waals surface area contributed by atoms with E-state index in [2.05, 4.69) is 25.7 Å². The lowest BCUT2D eigenvalue weighted by Crippen LogP contribution is -2.40. The number of methoxy groups -OCH3 is 1. The van der Waals surface area contributed by atoms with Crippen LogP contribution in [0.5, 0.6) is 5.75 Å². The van der Waals surface area contributed by atoms with Gasteiger partial charge in [-0.05, 0) is 42.5 Å². The third-order valence-corrected chi connectivity index (χ3v) is 5.76. The van der Waals surface area contributed by atoms with Gasteiger partial charge < -0.3 is 14.2 Å². The van der Waals surface area contributed by atoms with Crippen LogP contribution in [0.1, 0.15) is 27.2 Å². The number of anilines is 2. The fourth-order valence-corrected chi connectivity index (χ4v) is 4.07. The normalized spacial score (nSPS) is 16.3. The van der Waals surface area contributed by atoms with Crippen molar-refractivity contribution in [3.8, 4) is 5.75 Å². The van der Waals surface area contributed by atoms with Gasteiger partial charge in [0.15, 0.2) is 11.2 Å². The van der Waals surface area contributed by atoms with Gasteiger partial charge in [0.25, 0.3) is 5.56 Å². The summed E-state index contributed by atoms with van der Waals surface area (Å²) in [6.45, 7) is 8.22. The Balaban J connectivity index is 1.91. The molecule has 1 aromatic carbocycles. The molecule has 0 aliphatic carbocycles. The molecule has 0 spiro atoms. The summed E-state index contributed by atoms with van der Waals surface area (Å²) >= 11 is 0. The summed E-state index contributed by atoms with van der Waals surface area (Å²) < 4.78 is 10.1. The minimum absolute atomic E-state index is 0.253. The molecule has 8 heteroatoms. The zero-order valence-electron chi connectivity index (χ0n) is 18.3. The smallest absolute Gasteiger partial charge is 0.332 e. The highest BCUT2D eigenvalue weighted by molar-refractivity contribution is 5.77. The standard InChI is InChI=1S/C22H29N5O3/c1-14(2)10-11-25-20(28)18-19(24(4)22(25)29)23-21-26(12-15(3)13-27(18)21)16-6-8-17(30-5)9-7-16/h6-9,14-15H,10-13H2,1-5H3/t15-/m0/s1. The molecule has 1 aliphatic rings. The molecule has 1 atom stereocenters. The van der Waals surface area contributed by atoms with E-state index in [1.54, 1.807) is 14.2 Å². The highest BCUT2D eigenvalue weighted by Gasteiger charge is 2.29. The van der Waals surface area contributed by atoms with Crippen molar-refractivity contribution in [1.29, 1.82) is 0 Å². The molecule has 160 valence electrons. The average molecular weight is 412 g/mol. The molecule has 0 fully saturated rings. The first-order valence-corrected chi connectivity index (χ1v) is 10.4. The van der Waals surface area contributed by atoms with Crippen molar-refractivity contribution in [2.75, 3.05) is 18.6 Å². The van der Waals surface area contributed by atoms with Crippen LogP contribution in [-0.4, -0.2) is 32.3 Å². The van der Waals surface area contributed by atoms with Crippen LogP contribution in [-0.2, 0) is 20.1 Å². The molecule has 0 radical (unpaired) electrons. The molecule has 3 aromatic rings. The fraction of sp³-hybridized carbons (Fsp3) is 0.500. The number of aryl methyl sites for hydroxylation is 1. The van der Waals surface area contributed by atoms with Crippen molar-refractivity contribution in [3.05, 3.63) is 45.1 Å². The Labute approximate surface area is 175 Å². The Morgan fingerprint density at radius 3 is 2.50 bits per heavy atom. The zero-order valence-corrected chi connectivity index (χ0v) is 18.3. The number of rotatable bonds is 5. The molecular formula is C22H29N5O3. The third-order valence-electron chi connectivity index (χ3n) is 5.76. The molecule has 0 saturated heterocycles. The first kappa shape index (κ1) is 20.3. The molecule has 0 N–H and O–H groups in total. The topological polar surface area (TPSA) is 74.3 Å². The number of ether oxygens (including phenoxy) is 1. The Morgan fingerprint density at radius 1 is 1.17 bits per heavy atom. The average Bonchev–Trinajstić information content (AvgIpc) is 3.11. The molecule has 8 nitrogen and oxygen atoms in total. The first-order chi connectivity index (χ1) is 14.3. The number of hydrogen-bond donors (Lipinski definition) is 0. The van der Waals surface area contributed by atoms with Crippen molar-refractivity contribution in [1.82, 2.24) is 18.7 Å². The summed E-state index contributed by atoms with van der Waals surface area (Å²) in [7, 11) is 3.33. The summed E-state index contributed by atoms with van der Waals surface area (Å²) in [5.41, 5.74) is 1.35. The lowest BCUT2D eigenvalue weighted by atomic mass is 10.1. The summed E-state index contributed by atoms with van der Waals surface area (Å²) in [4.78, 5) is 33.1. The fourth-order valence-electron chi connectivity index (χ4n) is 4.07. The minimum Gasteiger partial charge on any atom is -0.497 e. The van der Waals surface area contributed by atoms with E-state index in [1.807, 2.05) is 28.8 Å². The Hall–Kier alpha value is -3.03. The van der Waals surface area contributed by atoms with E-state index in [0.717, 1.165) is 24.4 Å². The van der Waals surface area contributed by atoms with Gasteiger partial charge in [-0.15, -0.1) is 0 Å². The first-order valence-electron chi connectivity index (χ1n) is 10.4. The molecular weight excluding hydrogens is 382 g/mol. The van der Waals surface area contributed by atoms with Gasteiger partial charge in [0.2, 0.25) is 5.95 Å². The van der Waals surface area contributed by atoms with Crippen LogP contribution in [0.2, 0.25) is 0 Å². The van der Waals surface area contributed by atoms with E-state index in [4.69, 9.17) is 9.72 Å². The Bertz CT molecular complexity index is 1190. The van der Waals surface area contributed by atoms with E-state index < -0.39 is 0 Å². The second kappa shape index (κ2) is 7.66. The van der Waals surface area contributed by atoms with E-state index >= 15 is 0 Å². The van der Waals surface area contributed by atoms with E-state index in [-0.39, 0.29) is 11.2 Å². The van der Waals surface area contributed by atoms with Crippen LogP contribution in [0, 0.1) is 11.8 Å². The molecule has 30 heavy (non-hydrogen) atoms. The molecule has 0 unspecified atom stereocenters. The lowest BCUT2D eigenvalue weighted by molar-refractivity contribution is 0.414. The molecule has 4 rings (SSSR count). The maximum Gasteiger partial charge on any atom is 0.332 e. The minimum atomic E-state index is -0.312. The van der Waals surface area contributed by atoms with Crippen molar-refractivity contribution >= 4 is 22.8 Å². The number of nitrogens with zero attached hydrogens (tertiary/aromatic N) is 5. The van der Waals surface area contributed by atoms with Crippen molar-refractivity contribution < 1.29 is 4.74 Å². The lowest BCUT2D eigenvalue weighted by Gasteiger charge is -2.33. The summed E-state index contributed by atoms with van der Waals surface area (Å²) in [5.74, 6) is 2.20. The van der Waals surface area contributed by atoms with Gasteiger partial charge in [0.1, 0.15) is 5.75 Å². The van der Waals surface area contributed by atoms with Crippen molar-refractivity contribution in [2.24, 2.45) is 18.9 Å². The van der Waals surface area contributed by atoms with E-state index in [1.165, 1.54) is 9.13 Å². The van der Waals surface area contributed by atoms with Gasteiger partial charge in [-0.1, -0.05) is 20.8 Å². The summed E-state index contributed by atoms with van der Waals surface area (Å²) in [6, 6.07) is 7.80. The number of imidazole rings is 1. The molecule has 0 saturated carbocycles. The van der Waals surface area contributed by atoms with Crippen LogP contribution in [0.4, 0.5) is 11.6 Å². The van der Waals surface area contributed by atoms with Crippen LogP contribution >= 0.6 is 0 Å². The van der Waals surface area contributed by atoms with E-state index in [0.29, 0.717) is 42.0 Å². The molecule has 0 bridgehead atoms. The predicted octanol–water partition coefficient (Wildman–Crippen LogP) is 2.74. The zero-order chi connectivity index (χ0) is 21.6. The van der Waals surface area contributed by atoms with Crippen LogP contribution in [0.3, 0.4) is 0 Å². The monoisotopic (exact) mass is 411 g/mol. The Kier molecular flexibility index (Phi) is 5.17. The van der Waals surface area contributed by atoms with Crippen LogP contribution in [0.15, 0.2) is 33.9 Å². The maximum absolute atomic E-state index is 13.3. The number of benzene rings is 1. The molecule has 3 heterocycles. The van der Waals surface area contributed by atoms with Gasteiger partial charge in [-0.3, -0.25) is 13.9 Å². The molecule has 1 aliphatic heterocycles. The molecule has 0 amide bonds. The van der Waals surface area contributed by atoms with Gasteiger partial charge in [0, 0.05) is 32.4 Å². The van der Waals surface area contributed by atoms with Crippen molar-refractivity contribution in [2.45, 2.75) is 40.3 Å². The number of hydrogen-bond acceptors (Lipinski definition) is 5. The SMILES string of the molecule is COc1ccc(N2C[C@H](C)Cn3c2nc2c3c(=O)n(CCC(C)C)c(=O)n2C)cc1. The largest absolute Gasteiger partial charge is 0.497 e. The van der Waals surface area contributed by atoms with Crippen LogP contribution in [0.25, 0.3) is 11.2 Å². The summed E-state index contributed by atoms with van der Waals surface area (Å²) in [5, 5.41) is 0. The van der Waals surface area contributed by atoms with Gasteiger partial charge in [-0.2, -0.15) is 4.98 Å². The highest BCUT2D eigenvalue weighted by Crippen LogP contribution is 2.33. The third kappa shape index (κ3) is 3.30. The summed E-state index contributed by atoms with van der Waals surface area (Å²) in [6.07, 6.45) is 0.774. The Morgan fingerprint density at radius 2 is 1.87 bits per heavy atom. The number of aromatic nitrogens is 4. The molecule has 2 aromatic heterocycles. The number of fused-ring (bicyclic) bond motifs is 3. The van der Waals surface area contributed by atoms with E-state index in [9.17, 15) is 9.59 Å².